The van der Waals surface area contributed by atoms with Gasteiger partial charge in [0.25, 0.3) is 5.91 Å². The predicted octanol–water partition coefficient (Wildman–Crippen LogP) is 4.04. The summed E-state index contributed by atoms with van der Waals surface area (Å²) in [5.74, 6) is -2.04. The molecule has 0 bridgehead atoms. The van der Waals surface area contributed by atoms with Gasteiger partial charge in [-0.1, -0.05) is 12.1 Å². The normalized spacial score (nSPS) is 15.7. The van der Waals surface area contributed by atoms with Crippen molar-refractivity contribution >= 4 is 34.7 Å². The number of aliphatic hydroxyl groups is 1. The smallest absolute Gasteiger partial charge is 0.310 e. The van der Waals surface area contributed by atoms with E-state index in [-0.39, 0.29) is 18.0 Å². The van der Waals surface area contributed by atoms with Gasteiger partial charge >= 0.3 is 5.97 Å². The number of amides is 1. The Morgan fingerprint density at radius 2 is 1.79 bits per heavy atom. The Labute approximate surface area is 200 Å². The van der Waals surface area contributed by atoms with Crippen LogP contribution in [0.4, 0.5) is 5.69 Å². The largest absolute Gasteiger partial charge is 0.503 e. The highest BCUT2D eigenvalue weighted by Gasteiger charge is 2.45. The molecule has 1 aliphatic heterocycles. The number of aryl methyl sites for hydroxylation is 2. The first-order chi connectivity index (χ1) is 16.3. The van der Waals surface area contributed by atoms with Crippen molar-refractivity contribution < 1.29 is 24.2 Å². The number of rotatable bonds is 7. The molecule has 1 N–H and O–H groups in total. The van der Waals surface area contributed by atoms with Crippen LogP contribution in [-0.2, 0) is 20.7 Å². The van der Waals surface area contributed by atoms with Crippen LogP contribution in [0.3, 0.4) is 0 Å². The quantitative estimate of drug-likeness (QED) is 0.404. The van der Waals surface area contributed by atoms with Crippen LogP contribution in [0.1, 0.15) is 44.5 Å². The highest BCUT2D eigenvalue weighted by molar-refractivity contribution is 7.14. The minimum absolute atomic E-state index is 0.00134. The molecule has 0 spiro atoms. The summed E-state index contributed by atoms with van der Waals surface area (Å²) in [6, 6.07) is 9.37. The molecule has 8 nitrogen and oxygen atoms in total. The molecule has 0 radical (unpaired) electrons. The molecule has 0 aliphatic carbocycles. The third-order valence-corrected chi connectivity index (χ3v) is 6.52. The van der Waals surface area contributed by atoms with Gasteiger partial charge in [-0.25, -0.2) is 4.98 Å². The van der Waals surface area contributed by atoms with Gasteiger partial charge < -0.3 is 9.84 Å². The maximum Gasteiger partial charge on any atom is 0.310 e. The maximum absolute atomic E-state index is 13.5. The fraction of sp³-hybridized carbons (Fsp3) is 0.240. The van der Waals surface area contributed by atoms with E-state index in [1.54, 1.807) is 69.6 Å². The Kier molecular flexibility index (Phi) is 6.56. The second kappa shape index (κ2) is 9.56. The predicted molar refractivity (Wildman–Crippen MR) is 127 cm³/mol. The van der Waals surface area contributed by atoms with Crippen molar-refractivity contribution in [3.63, 3.8) is 0 Å². The summed E-state index contributed by atoms with van der Waals surface area (Å²) in [6.07, 6.45) is 3.24. The highest BCUT2D eigenvalue weighted by Crippen LogP contribution is 2.42. The fourth-order valence-corrected chi connectivity index (χ4v) is 4.86. The molecule has 9 heteroatoms. The summed E-state index contributed by atoms with van der Waals surface area (Å²) >= 11 is 1.23. The van der Waals surface area contributed by atoms with Crippen LogP contribution in [0.5, 0.6) is 0 Å². The summed E-state index contributed by atoms with van der Waals surface area (Å²) in [5, 5.41) is 11.6. The topological polar surface area (TPSA) is 110 Å². The monoisotopic (exact) mass is 477 g/mol. The average Bonchev–Trinajstić information content (AvgIpc) is 3.30. The molecule has 0 saturated heterocycles. The number of nitrogens with zero attached hydrogens (tertiary/aromatic N) is 3. The van der Waals surface area contributed by atoms with Crippen molar-refractivity contribution in [3.05, 3.63) is 86.8 Å². The molecule has 1 atom stereocenters. The summed E-state index contributed by atoms with van der Waals surface area (Å²) in [5.41, 5.74) is 2.38. The van der Waals surface area contributed by atoms with Crippen molar-refractivity contribution in [3.8, 4) is 0 Å². The van der Waals surface area contributed by atoms with Gasteiger partial charge in [0.15, 0.2) is 5.76 Å². The standard InChI is InChI=1S/C25H23N3O5S/c1-4-33-19(29)13-16-5-7-18(8-6-16)28-21(17-9-11-26-12-10-17)20(23(31)25(28)32)22(30)24-14(2)27-15(3)34-24/h5-12,21,31H,4,13H2,1-3H3. The number of carbonyl (C=O) groups is 3. The molecule has 1 unspecified atom stereocenters. The van der Waals surface area contributed by atoms with Crippen molar-refractivity contribution in [2.45, 2.75) is 33.2 Å². The molecule has 4 rings (SSSR count). The van der Waals surface area contributed by atoms with Crippen molar-refractivity contribution in [2.24, 2.45) is 0 Å². The first-order valence-corrected chi connectivity index (χ1v) is 11.5. The number of Topliss-reactive ketones (excluding diaryl/α,β-unsaturated/α-hetero) is 1. The lowest BCUT2D eigenvalue weighted by molar-refractivity contribution is -0.142. The van der Waals surface area contributed by atoms with Gasteiger partial charge in [-0.05, 0) is 56.2 Å². The van der Waals surface area contributed by atoms with Crippen LogP contribution in [0.2, 0.25) is 0 Å². The second-order valence-corrected chi connectivity index (χ2v) is 8.95. The Hall–Kier alpha value is -3.85. The van der Waals surface area contributed by atoms with Crippen LogP contribution in [0.15, 0.2) is 60.1 Å². The van der Waals surface area contributed by atoms with Gasteiger partial charge in [-0.15, -0.1) is 11.3 Å². The molecule has 174 valence electrons. The molecule has 1 aliphatic rings. The number of ketones is 1. The van der Waals surface area contributed by atoms with Gasteiger partial charge in [-0.3, -0.25) is 24.3 Å². The number of aromatic nitrogens is 2. The van der Waals surface area contributed by atoms with Crippen LogP contribution < -0.4 is 4.90 Å². The van der Waals surface area contributed by atoms with Gasteiger partial charge in [0.05, 0.1) is 40.2 Å². The van der Waals surface area contributed by atoms with Crippen LogP contribution >= 0.6 is 11.3 Å². The van der Waals surface area contributed by atoms with E-state index in [0.29, 0.717) is 28.4 Å². The number of benzene rings is 1. The van der Waals surface area contributed by atoms with Crippen molar-refractivity contribution in [2.75, 3.05) is 11.5 Å². The van der Waals surface area contributed by atoms with E-state index in [2.05, 4.69) is 9.97 Å². The lowest BCUT2D eigenvalue weighted by Crippen LogP contribution is -2.31. The minimum atomic E-state index is -0.847. The number of carbonyl (C=O) groups excluding carboxylic acids is 3. The number of esters is 1. The van der Waals surface area contributed by atoms with E-state index >= 15 is 0 Å². The summed E-state index contributed by atoms with van der Waals surface area (Å²) in [6.45, 7) is 5.57. The Bertz CT molecular complexity index is 1280. The zero-order valence-corrected chi connectivity index (χ0v) is 19.8. The first kappa shape index (κ1) is 23.3. The number of hydrogen-bond donors (Lipinski definition) is 1. The van der Waals surface area contributed by atoms with Crippen molar-refractivity contribution in [1.82, 2.24) is 9.97 Å². The molecule has 0 saturated carbocycles. The van der Waals surface area contributed by atoms with Gasteiger partial charge in [-0.2, -0.15) is 0 Å². The Balaban J connectivity index is 1.75. The number of pyridine rings is 1. The van der Waals surface area contributed by atoms with Gasteiger partial charge in [0.1, 0.15) is 0 Å². The summed E-state index contributed by atoms with van der Waals surface area (Å²) in [7, 11) is 0. The van der Waals surface area contributed by atoms with Gasteiger partial charge in [0.2, 0.25) is 5.78 Å². The van der Waals surface area contributed by atoms with E-state index in [0.717, 1.165) is 10.6 Å². The highest BCUT2D eigenvalue weighted by atomic mass is 32.1. The Morgan fingerprint density at radius 3 is 2.38 bits per heavy atom. The second-order valence-electron chi connectivity index (χ2n) is 7.75. The lowest BCUT2D eigenvalue weighted by atomic mass is 9.95. The van der Waals surface area contributed by atoms with Crippen LogP contribution in [-0.4, -0.2) is 39.3 Å². The number of anilines is 1. The lowest BCUT2D eigenvalue weighted by Gasteiger charge is -2.27. The molecule has 3 aromatic rings. The van der Waals surface area contributed by atoms with E-state index in [4.69, 9.17) is 4.74 Å². The third kappa shape index (κ3) is 4.34. The minimum Gasteiger partial charge on any atom is -0.503 e. The molecule has 1 aromatic carbocycles. The molecular weight excluding hydrogens is 454 g/mol. The number of ether oxygens (including phenoxy) is 1. The zero-order chi connectivity index (χ0) is 24.4. The Morgan fingerprint density at radius 1 is 1.12 bits per heavy atom. The molecule has 1 amide bonds. The number of thiazole rings is 1. The third-order valence-electron chi connectivity index (χ3n) is 5.45. The van der Waals surface area contributed by atoms with E-state index in [1.165, 1.54) is 16.2 Å². The first-order valence-electron chi connectivity index (χ1n) is 10.7. The molecular formula is C25H23N3O5S. The molecule has 2 aromatic heterocycles. The maximum atomic E-state index is 13.5. The molecule has 3 heterocycles. The molecule has 0 fully saturated rings. The number of aliphatic hydroxyl groups excluding tert-OH is 1. The van der Waals surface area contributed by atoms with Crippen molar-refractivity contribution in [1.29, 1.82) is 0 Å². The molecule has 34 heavy (non-hydrogen) atoms. The average molecular weight is 478 g/mol. The fourth-order valence-electron chi connectivity index (χ4n) is 3.98. The van der Waals surface area contributed by atoms with E-state index in [1.807, 2.05) is 0 Å². The zero-order valence-electron chi connectivity index (χ0n) is 18.9. The van der Waals surface area contributed by atoms with E-state index in [9.17, 15) is 19.5 Å². The number of hydrogen-bond acceptors (Lipinski definition) is 8. The van der Waals surface area contributed by atoms with Gasteiger partial charge in [0, 0.05) is 18.1 Å². The SMILES string of the molecule is CCOC(=O)Cc1ccc(N2C(=O)C(O)=C(C(=O)c3sc(C)nc3C)C2c2ccncc2)cc1. The summed E-state index contributed by atoms with van der Waals surface area (Å²) < 4.78 is 4.98. The van der Waals surface area contributed by atoms with Crippen LogP contribution in [0.25, 0.3) is 0 Å². The van der Waals surface area contributed by atoms with Crippen LogP contribution in [0, 0.1) is 13.8 Å². The summed E-state index contributed by atoms with van der Waals surface area (Å²) in [4.78, 5) is 48.7. The van der Waals surface area contributed by atoms with E-state index < -0.39 is 23.5 Å².